The summed E-state index contributed by atoms with van der Waals surface area (Å²) in [6, 6.07) is 7.82. The van der Waals surface area contributed by atoms with Crippen LogP contribution in [-0.4, -0.2) is 60.0 Å². The molecule has 2 aliphatic rings. The lowest BCUT2D eigenvalue weighted by Gasteiger charge is -2.35. The fourth-order valence-electron chi connectivity index (χ4n) is 3.68. The zero-order chi connectivity index (χ0) is 17.9. The molecule has 138 valence electrons. The molecule has 2 aliphatic heterocycles. The van der Waals surface area contributed by atoms with Gasteiger partial charge in [0.25, 0.3) is 5.91 Å². The van der Waals surface area contributed by atoms with Crippen LogP contribution in [0.3, 0.4) is 0 Å². The lowest BCUT2D eigenvalue weighted by Crippen LogP contribution is -2.48. The Morgan fingerprint density at radius 2 is 1.85 bits per heavy atom. The Balaban J connectivity index is 1.39. The highest BCUT2D eigenvalue weighted by molar-refractivity contribution is 7.16. The van der Waals surface area contributed by atoms with Gasteiger partial charge >= 0.3 is 0 Å². The predicted molar refractivity (Wildman–Crippen MR) is 106 cm³/mol. The van der Waals surface area contributed by atoms with Gasteiger partial charge in [0.2, 0.25) is 0 Å². The van der Waals surface area contributed by atoms with Gasteiger partial charge in [0.15, 0.2) is 0 Å². The third kappa shape index (κ3) is 3.87. The molecule has 2 aromatic rings. The number of carbonyl (C=O) groups is 1. The van der Waals surface area contributed by atoms with Gasteiger partial charge in [-0.25, -0.2) is 4.98 Å². The first-order chi connectivity index (χ1) is 12.7. The van der Waals surface area contributed by atoms with Crippen molar-refractivity contribution in [2.24, 2.45) is 0 Å². The van der Waals surface area contributed by atoms with Crippen molar-refractivity contribution >= 4 is 34.7 Å². The molecule has 26 heavy (non-hydrogen) atoms. The molecule has 0 saturated carbocycles. The summed E-state index contributed by atoms with van der Waals surface area (Å²) >= 11 is 7.65. The number of aromatic nitrogens is 1. The standard InChI is InChI=1S/C19H23ClN4OS/c20-17-6-5-15(26-17)14-22-10-12-24(13-11-22)19(25)16-4-3-7-21-18(16)23-8-1-2-9-23/h3-7H,1-2,8-14H2. The van der Waals surface area contributed by atoms with Crippen molar-refractivity contribution in [3.8, 4) is 0 Å². The maximum Gasteiger partial charge on any atom is 0.257 e. The van der Waals surface area contributed by atoms with E-state index in [0.717, 1.165) is 61.5 Å². The van der Waals surface area contributed by atoms with Crippen molar-refractivity contribution in [1.29, 1.82) is 0 Å². The molecule has 4 heterocycles. The largest absolute Gasteiger partial charge is 0.356 e. The number of pyridine rings is 1. The minimum Gasteiger partial charge on any atom is -0.356 e. The zero-order valence-electron chi connectivity index (χ0n) is 14.7. The van der Waals surface area contributed by atoms with Crippen LogP contribution in [0, 0.1) is 0 Å². The van der Waals surface area contributed by atoms with Gasteiger partial charge in [0.1, 0.15) is 5.82 Å². The summed E-state index contributed by atoms with van der Waals surface area (Å²) in [6.45, 7) is 6.19. The molecule has 1 amide bonds. The Kier molecular flexibility index (Phi) is 5.43. The molecular weight excluding hydrogens is 368 g/mol. The van der Waals surface area contributed by atoms with Gasteiger partial charge in [-0.15, -0.1) is 11.3 Å². The zero-order valence-corrected chi connectivity index (χ0v) is 16.3. The Morgan fingerprint density at radius 1 is 1.08 bits per heavy atom. The number of thiophene rings is 1. The number of carbonyl (C=O) groups excluding carboxylic acids is 1. The van der Waals surface area contributed by atoms with Gasteiger partial charge in [-0.2, -0.15) is 0 Å². The van der Waals surface area contributed by atoms with Crippen LogP contribution >= 0.6 is 22.9 Å². The van der Waals surface area contributed by atoms with E-state index in [1.54, 1.807) is 17.5 Å². The number of hydrogen-bond donors (Lipinski definition) is 0. The number of amides is 1. The van der Waals surface area contributed by atoms with Crippen LogP contribution in [0.5, 0.6) is 0 Å². The van der Waals surface area contributed by atoms with Crippen LogP contribution in [0.2, 0.25) is 4.34 Å². The molecule has 0 bridgehead atoms. The second-order valence-corrected chi connectivity index (χ2v) is 8.64. The van der Waals surface area contributed by atoms with Crippen LogP contribution in [0.15, 0.2) is 30.5 Å². The van der Waals surface area contributed by atoms with E-state index in [-0.39, 0.29) is 5.91 Å². The highest BCUT2D eigenvalue weighted by Crippen LogP contribution is 2.25. The predicted octanol–water partition coefficient (Wildman–Crippen LogP) is 3.35. The number of hydrogen-bond acceptors (Lipinski definition) is 5. The molecule has 7 heteroatoms. The summed E-state index contributed by atoms with van der Waals surface area (Å²) in [5.74, 6) is 0.962. The number of nitrogens with zero attached hydrogens (tertiary/aromatic N) is 4. The van der Waals surface area contributed by atoms with Crippen molar-refractivity contribution in [2.45, 2.75) is 19.4 Å². The average Bonchev–Trinajstić information content (AvgIpc) is 3.34. The fourth-order valence-corrected chi connectivity index (χ4v) is 4.81. The highest BCUT2D eigenvalue weighted by atomic mass is 35.5. The third-order valence-corrected chi connectivity index (χ3v) is 6.31. The normalized spacial score (nSPS) is 18.5. The number of anilines is 1. The van der Waals surface area contributed by atoms with Crippen molar-refractivity contribution in [1.82, 2.24) is 14.8 Å². The molecule has 5 nitrogen and oxygen atoms in total. The molecule has 0 atom stereocenters. The highest BCUT2D eigenvalue weighted by Gasteiger charge is 2.26. The first-order valence-electron chi connectivity index (χ1n) is 9.16. The van der Waals surface area contributed by atoms with Gasteiger partial charge in [-0.05, 0) is 37.1 Å². The second kappa shape index (κ2) is 7.94. The minimum absolute atomic E-state index is 0.110. The molecule has 0 aliphatic carbocycles. The van der Waals surface area contributed by atoms with Crippen LogP contribution in [0.1, 0.15) is 28.1 Å². The lowest BCUT2D eigenvalue weighted by atomic mass is 10.2. The van der Waals surface area contributed by atoms with E-state index in [4.69, 9.17) is 11.6 Å². The van der Waals surface area contributed by atoms with Gasteiger partial charge in [0, 0.05) is 56.9 Å². The summed E-state index contributed by atoms with van der Waals surface area (Å²) in [5, 5.41) is 0. The Labute approximate surface area is 163 Å². The van der Waals surface area contributed by atoms with Crippen LogP contribution in [-0.2, 0) is 6.54 Å². The molecule has 0 spiro atoms. The number of piperazine rings is 1. The van der Waals surface area contributed by atoms with E-state index in [9.17, 15) is 4.79 Å². The van der Waals surface area contributed by atoms with E-state index in [1.807, 2.05) is 23.1 Å². The van der Waals surface area contributed by atoms with Gasteiger partial charge < -0.3 is 9.80 Å². The summed E-state index contributed by atoms with van der Waals surface area (Å²) in [7, 11) is 0. The summed E-state index contributed by atoms with van der Waals surface area (Å²) in [5.41, 5.74) is 0.743. The van der Waals surface area contributed by atoms with Crippen LogP contribution in [0.25, 0.3) is 0 Å². The molecule has 0 N–H and O–H groups in total. The summed E-state index contributed by atoms with van der Waals surface area (Å²) < 4.78 is 0.833. The second-order valence-electron chi connectivity index (χ2n) is 6.84. The first-order valence-corrected chi connectivity index (χ1v) is 10.4. The van der Waals surface area contributed by atoms with E-state index in [2.05, 4.69) is 20.9 Å². The van der Waals surface area contributed by atoms with Gasteiger partial charge in [-0.1, -0.05) is 11.6 Å². The van der Waals surface area contributed by atoms with Gasteiger partial charge in [0.05, 0.1) is 9.90 Å². The number of rotatable bonds is 4. The van der Waals surface area contributed by atoms with E-state index >= 15 is 0 Å². The van der Waals surface area contributed by atoms with Gasteiger partial charge in [-0.3, -0.25) is 9.69 Å². The molecule has 2 fully saturated rings. The van der Waals surface area contributed by atoms with E-state index in [1.165, 1.54) is 17.7 Å². The summed E-state index contributed by atoms with van der Waals surface area (Å²) in [4.78, 5) is 25.4. The first kappa shape index (κ1) is 17.8. The SMILES string of the molecule is O=C(c1cccnc1N1CCCC1)N1CCN(Cc2ccc(Cl)s2)CC1. The summed E-state index contributed by atoms with van der Waals surface area (Å²) in [6.07, 6.45) is 4.14. The monoisotopic (exact) mass is 390 g/mol. The quantitative estimate of drug-likeness (QED) is 0.802. The van der Waals surface area contributed by atoms with E-state index < -0.39 is 0 Å². The van der Waals surface area contributed by atoms with Crippen LogP contribution in [0.4, 0.5) is 5.82 Å². The molecule has 0 radical (unpaired) electrons. The molecule has 4 rings (SSSR count). The Bertz CT molecular complexity index is 766. The maximum absolute atomic E-state index is 13.1. The maximum atomic E-state index is 13.1. The minimum atomic E-state index is 0.110. The molecular formula is C19H23ClN4OS. The average molecular weight is 391 g/mol. The van der Waals surface area contributed by atoms with Crippen molar-refractivity contribution in [2.75, 3.05) is 44.2 Å². The Morgan fingerprint density at radius 3 is 2.54 bits per heavy atom. The lowest BCUT2D eigenvalue weighted by molar-refractivity contribution is 0.0630. The molecule has 2 aromatic heterocycles. The fraction of sp³-hybridized carbons (Fsp3) is 0.474. The third-order valence-electron chi connectivity index (χ3n) is 5.09. The Hall–Kier alpha value is -1.63. The smallest absolute Gasteiger partial charge is 0.257 e. The number of halogens is 1. The van der Waals surface area contributed by atoms with Crippen LogP contribution < -0.4 is 4.90 Å². The molecule has 2 saturated heterocycles. The van der Waals surface area contributed by atoms with Crippen molar-refractivity contribution < 1.29 is 4.79 Å². The molecule has 0 unspecified atom stereocenters. The van der Waals surface area contributed by atoms with Crippen molar-refractivity contribution in [3.05, 3.63) is 45.2 Å². The molecule has 0 aromatic carbocycles. The van der Waals surface area contributed by atoms with E-state index in [0.29, 0.717) is 0 Å². The topological polar surface area (TPSA) is 39.7 Å². The van der Waals surface area contributed by atoms with Crippen molar-refractivity contribution in [3.63, 3.8) is 0 Å².